The Balaban J connectivity index is 2.45. The topological polar surface area (TPSA) is 67.1 Å². The first-order valence-electron chi connectivity index (χ1n) is 4.50. The molecule has 14 heavy (non-hydrogen) atoms. The molecule has 0 fully saturated rings. The molecule has 1 rings (SSSR count). The highest BCUT2D eigenvalue weighted by Crippen LogP contribution is 2.04. The lowest BCUT2D eigenvalue weighted by atomic mass is 10.1. The van der Waals surface area contributed by atoms with Gasteiger partial charge in [-0.1, -0.05) is 0 Å². The Labute approximate surface area is 83.5 Å². The smallest absolute Gasteiger partial charge is 0.188 e. The van der Waals surface area contributed by atoms with Crippen molar-refractivity contribution in [2.45, 2.75) is 26.0 Å². The molecule has 0 saturated carbocycles. The molecule has 0 atom stereocenters. The number of hydrogen-bond donors (Lipinski definition) is 1. The molecule has 1 aromatic heterocycles. The summed E-state index contributed by atoms with van der Waals surface area (Å²) in [5.41, 5.74) is -0.697. The van der Waals surface area contributed by atoms with Crippen molar-refractivity contribution >= 4 is 0 Å². The first kappa shape index (κ1) is 11.1. The lowest BCUT2D eigenvalue weighted by molar-refractivity contribution is 0.0418. The Morgan fingerprint density at radius 3 is 2.57 bits per heavy atom. The Morgan fingerprint density at radius 2 is 2.14 bits per heavy atom. The van der Waals surface area contributed by atoms with E-state index in [-0.39, 0.29) is 0 Å². The molecule has 6 nitrogen and oxygen atoms in total. The molecule has 1 aromatic rings. The molecule has 0 radical (unpaired) electrons. The largest absolute Gasteiger partial charge is 0.389 e. The molecule has 1 heterocycles. The number of aryl methyl sites for hydroxylation is 1. The van der Waals surface area contributed by atoms with E-state index in [0.29, 0.717) is 18.9 Å². The number of hydrogen-bond acceptors (Lipinski definition) is 5. The van der Waals surface area contributed by atoms with Crippen molar-refractivity contribution in [2.24, 2.45) is 7.05 Å². The van der Waals surface area contributed by atoms with Crippen LogP contribution in [-0.2, 0) is 13.6 Å². The highest BCUT2D eigenvalue weighted by Gasteiger charge is 2.16. The normalized spacial score (nSPS) is 12.4. The molecule has 6 heteroatoms. The van der Waals surface area contributed by atoms with E-state index in [9.17, 15) is 5.11 Å². The summed E-state index contributed by atoms with van der Waals surface area (Å²) in [6.45, 7) is 4.71. The lowest BCUT2D eigenvalue weighted by Crippen LogP contribution is -2.36. The zero-order valence-corrected chi connectivity index (χ0v) is 9.10. The molecular weight excluding hydrogens is 182 g/mol. The van der Waals surface area contributed by atoms with E-state index in [2.05, 4.69) is 15.4 Å². The maximum absolute atomic E-state index is 9.57. The zero-order chi connectivity index (χ0) is 10.8. The number of rotatable bonds is 4. The third kappa shape index (κ3) is 3.80. The molecular formula is C8H17N5O. The van der Waals surface area contributed by atoms with E-state index in [1.54, 1.807) is 20.9 Å². The number of tetrazole rings is 1. The predicted octanol–water partition coefficient (Wildman–Crippen LogP) is -0.587. The summed E-state index contributed by atoms with van der Waals surface area (Å²) in [5.74, 6) is 0.666. The summed E-state index contributed by atoms with van der Waals surface area (Å²) in [7, 11) is 3.64. The molecule has 80 valence electrons. The monoisotopic (exact) mass is 199 g/mol. The van der Waals surface area contributed by atoms with Crippen LogP contribution >= 0.6 is 0 Å². The van der Waals surface area contributed by atoms with Crippen LogP contribution in [0.3, 0.4) is 0 Å². The molecule has 0 aliphatic carbocycles. The van der Waals surface area contributed by atoms with E-state index in [0.717, 1.165) is 0 Å². The second-order valence-corrected chi connectivity index (χ2v) is 4.18. The summed E-state index contributed by atoms with van der Waals surface area (Å²) in [6, 6.07) is 0. The lowest BCUT2D eigenvalue weighted by Gasteiger charge is -2.24. The second-order valence-electron chi connectivity index (χ2n) is 4.18. The predicted molar refractivity (Wildman–Crippen MR) is 51.4 cm³/mol. The minimum absolute atomic E-state index is 0.575. The van der Waals surface area contributed by atoms with Gasteiger partial charge in [-0.15, -0.1) is 10.2 Å². The molecule has 0 saturated heterocycles. The fourth-order valence-electron chi connectivity index (χ4n) is 1.34. The quantitative estimate of drug-likeness (QED) is 0.702. The van der Waals surface area contributed by atoms with Gasteiger partial charge in [0.15, 0.2) is 5.82 Å². The van der Waals surface area contributed by atoms with Gasteiger partial charge in [0.25, 0.3) is 0 Å². The highest BCUT2D eigenvalue weighted by atomic mass is 16.3. The fraction of sp³-hybridized carbons (Fsp3) is 0.875. The van der Waals surface area contributed by atoms with Crippen LogP contribution in [0.15, 0.2) is 0 Å². The SMILES string of the molecule is CN(Cc1nnn(C)n1)CC(C)(C)O. The number of aliphatic hydroxyl groups is 1. The Bertz CT molecular complexity index is 290. The van der Waals surface area contributed by atoms with Crippen LogP contribution in [0, 0.1) is 0 Å². The van der Waals surface area contributed by atoms with E-state index < -0.39 is 5.60 Å². The number of nitrogens with zero attached hydrogens (tertiary/aromatic N) is 5. The van der Waals surface area contributed by atoms with Crippen molar-refractivity contribution in [1.82, 2.24) is 25.1 Å². The van der Waals surface area contributed by atoms with Crippen molar-refractivity contribution in [3.05, 3.63) is 5.82 Å². The average molecular weight is 199 g/mol. The molecule has 0 aliphatic heterocycles. The molecule has 1 N–H and O–H groups in total. The van der Waals surface area contributed by atoms with Crippen LogP contribution in [0.25, 0.3) is 0 Å². The van der Waals surface area contributed by atoms with Crippen molar-refractivity contribution in [1.29, 1.82) is 0 Å². The van der Waals surface area contributed by atoms with Crippen LogP contribution in [-0.4, -0.2) is 49.4 Å². The number of aromatic nitrogens is 4. The number of likely N-dealkylation sites (N-methyl/N-ethyl adjacent to an activating group) is 1. The van der Waals surface area contributed by atoms with Gasteiger partial charge < -0.3 is 5.11 Å². The Kier molecular flexibility index (Phi) is 3.17. The van der Waals surface area contributed by atoms with Crippen molar-refractivity contribution < 1.29 is 5.11 Å². The van der Waals surface area contributed by atoms with Gasteiger partial charge in [-0.25, -0.2) is 0 Å². The van der Waals surface area contributed by atoms with Crippen LogP contribution in [0.5, 0.6) is 0 Å². The van der Waals surface area contributed by atoms with Gasteiger partial charge in [-0.3, -0.25) is 4.90 Å². The first-order chi connectivity index (χ1) is 6.37. The van der Waals surface area contributed by atoms with Crippen molar-refractivity contribution in [3.63, 3.8) is 0 Å². The van der Waals surface area contributed by atoms with E-state index >= 15 is 0 Å². The Hall–Kier alpha value is -1.01. The average Bonchev–Trinajstić information content (AvgIpc) is 2.30. The van der Waals surface area contributed by atoms with Gasteiger partial charge in [0.05, 0.1) is 19.2 Å². The van der Waals surface area contributed by atoms with Crippen LogP contribution in [0.4, 0.5) is 0 Å². The van der Waals surface area contributed by atoms with E-state index in [1.807, 2.05) is 11.9 Å². The maximum atomic E-state index is 9.57. The minimum atomic E-state index is -0.697. The standard InChI is InChI=1S/C8H17N5O/c1-8(2,14)6-12(3)5-7-9-11-13(4)10-7/h14H,5-6H2,1-4H3. The summed E-state index contributed by atoms with van der Waals surface area (Å²) in [4.78, 5) is 3.38. The first-order valence-corrected chi connectivity index (χ1v) is 4.50. The van der Waals surface area contributed by atoms with Gasteiger partial charge >= 0.3 is 0 Å². The molecule has 0 aromatic carbocycles. The van der Waals surface area contributed by atoms with Gasteiger partial charge in [-0.2, -0.15) is 4.80 Å². The van der Waals surface area contributed by atoms with Gasteiger partial charge in [0.1, 0.15) is 0 Å². The third-order valence-corrected chi connectivity index (χ3v) is 1.62. The third-order valence-electron chi connectivity index (χ3n) is 1.62. The molecule has 0 spiro atoms. The van der Waals surface area contributed by atoms with Gasteiger partial charge in [-0.05, 0) is 26.1 Å². The summed E-state index contributed by atoms with van der Waals surface area (Å²) < 4.78 is 0. The van der Waals surface area contributed by atoms with E-state index in [4.69, 9.17) is 0 Å². The Morgan fingerprint density at radius 1 is 1.50 bits per heavy atom. The molecule has 0 bridgehead atoms. The second kappa shape index (κ2) is 4.02. The zero-order valence-electron chi connectivity index (χ0n) is 9.10. The van der Waals surface area contributed by atoms with Crippen LogP contribution in [0.2, 0.25) is 0 Å². The molecule has 0 unspecified atom stereocenters. The highest BCUT2D eigenvalue weighted by molar-refractivity contribution is 4.78. The van der Waals surface area contributed by atoms with Gasteiger partial charge in [0, 0.05) is 6.54 Å². The summed E-state index contributed by atoms with van der Waals surface area (Å²) >= 11 is 0. The summed E-state index contributed by atoms with van der Waals surface area (Å²) in [5, 5.41) is 21.2. The molecule has 0 aliphatic rings. The van der Waals surface area contributed by atoms with Crippen LogP contribution in [0.1, 0.15) is 19.7 Å². The van der Waals surface area contributed by atoms with Crippen molar-refractivity contribution in [2.75, 3.05) is 13.6 Å². The fourth-order valence-corrected chi connectivity index (χ4v) is 1.34. The maximum Gasteiger partial charge on any atom is 0.188 e. The van der Waals surface area contributed by atoms with Crippen molar-refractivity contribution in [3.8, 4) is 0 Å². The van der Waals surface area contributed by atoms with E-state index in [1.165, 1.54) is 4.80 Å². The van der Waals surface area contributed by atoms with Gasteiger partial charge in [0.2, 0.25) is 0 Å². The minimum Gasteiger partial charge on any atom is -0.389 e. The summed E-state index contributed by atoms with van der Waals surface area (Å²) in [6.07, 6.45) is 0. The molecule has 0 amide bonds. The van der Waals surface area contributed by atoms with Crippen LogP contribution < -0.4 is 0 Å².